The molecule has 1 heterocycles. The molecule has 0 aliphatic heterocycles. The molecule has 0 atom stereocenters. The molecule has 0 radical (unpaired) electrons. The van der Waals surface area contributed by atoms with Crippen LogP contribution in [0.25, 0.3) is 0 Å². The van der Waals surface area contributed by atoms with E-state index in [2.05, 4.69) is 20.8 Å². The number of amides is 1. The summed E-state index contributed by atoms with van der Waals surface area (Å²) in [5.74, 6) is 0.225. The van der Waals surface area contributed by atoms with Gasteiger partial charge >= 0.3 is 0 Å². The first kappa shape index (κ1) is 17.0. The van der Waals surface area contributed by atoms with E-state index in [0.717, 1.165) is 25.7 Å². The fraction of sp³-hybridized carbons (Fsp3) is 0.500. The van der Waals surface area contributed by atoms with Crippen LogP contribution in [0.4, 0.5) is 5.69 Å². The first-order chi connectivity index (χ1) is 12.1. The monoisotopic (exact) mass is 344 g/mol. The number of carbonyl (C=O) groups is 1. The summed E-state index contributed by atoms with van der Waals surface area (Å²) < 4.78 is 1.79. The van der Waals surface area contributed by atoms with Crippen molar-refractivity contribution in [3.05, 3.63) is 45.3 Å². The minimum absolute atomic E-state index is 0.0697. The molecule has 1 aromatic carbocycles. The molecule has 3 rings (SSSR count). The van der Waals surface area contributed by atoms with Gasteiger partial charge in [-0.05, 0) is 36.3 Å². The summed E-state index contributed by atoms with van der Waals surface area (Å²) in [6, 6.07) is 4.74. The van der Waals surface area contributed by atoms with Gasteiger partial charge in [0.2, 0.25) is 0 Å². The van der Waals surface area contributed by atoms with Crippen molar-refractivity contribution >= 4 is 11.6 Å². The van der Waals surface area contributed by atoms with Gasteiger partial charge < -0.3 is 5.32 Å². The van der Waals surface area contributed by atoms with Crippen molar-refractivity contribution in [3.63, 3.8) is 0 Å². The molecule has 0 unspecified atom stereocenters. The van der Waals surface area contributed by atoms with Gasteiger partial charge in [0.1, 0.15) is 0 Å². The molecule has 1 aliphatic carbocycles. The second-order valence-corrected chi connectivity index (χ2v) is 6.22. The van der Waals surface area contributed by atoms with E-state index in [1.807, 2.05) is 0 Å². The molecule has 1 fully saturated rings. The predicted molar refractivity (Wildman–Crippen MR) is 88.9 cm³/mol. The standard InChI is InChI=1S/C16H20N6O3/c1-11-13(8-5-9-14(11)22(24)25)16(23)17-10-15-18-19-20-21(15)12-6-3-2-4-7-12/h5,8-9,12H,2-4,6-7,10H2,1H3,(H,17,23). The number of nitrogens with one attached hydrogen (secondary N) is 1. The Kier molecular flexibility index (Phi) is 5.01. The van der Waals surface area contributed by atoms with E-state index >= 15 is 0 Å². The SMILES string of the molecule is Cc1c(C(=O)NCc2nnnn2C2CCCCC2)cccc1[N+](=O)[O-]. The van der Waals surface area contributed by atoms with Crippen LogP contribution in [0.1, 0.15) is 59.9 Å². The molecule has 2 aromatic rings. The third kappa shape index (κ3) is 3.65. The topological polar surface area (TPSA) is 116 Å². The summed E-state index contributed by atoms with van der Waals surface area (Å²) >= 11 is 0. The van der Waals surface area contributed by atoms with E-state index in [9.17, 15) is 14.9 Å². The summed E-state index contributed by atoms with van der Waals surface area (Å²) in [7, 11) is 0. The predicted octanol–water partition coefficient (Wildman–Crippen LogP) is 2.32. The van der Waals surface area contributed by atoms with Gasteiger partial charge in [0.25, 0.3) is 11.6 Å². The number of nitro groups is 1. The van der Waals surface area contributed by atoms with Crippen LogP contribution < -0.4 is 5.32 Å². The zero-order valence-electron chi connectivity index (χ0n) is 14.0. The van der Waals surface area contributed by atoms with Crippen molar-refractivity contribution in [1.82, 2.24) is 25.5 Å². The van der Waals surface area contributed by atoms with Crippen LogP contribution in [-0.4, -0.2) is 31.0 Å². The molecule has 9 nitrogen and oxygen atoms in total. The number of hydrogen-bond donors (Lipinski definition) is 1. The van der Waals surface area contributed by atoms with Crippen molar-refractivity contribution < 1.29 is 9.72 Å². The fourth-order valence-electron chi connectivity index (χ4n) is 3.26. The zero-order valence-corrected chi connectivity index (χ0v) is 14.0. The summed E-state index contributed by atoms with van der Waals surface area (Å²) in [6.07, 6.45) is 5.62. The number of nitrogens with zero attached hydrogens (tertiary/aromatic N) is 5. The lowest BCUT2D eigenvalue weighted by Crippen LogP contribution is -2.27. The van der Waals surface area contributed by atoms with Crippen LogP contribution in [-0.2, 0) is 6.54 Å². The van der Waals surface area contributed by atoms with Gasteiger partial charge in [-0.25, -0.2) is 4.68 Å². The van der Waals surface area contributed by atoms with Crippen LogP contribution in [0.15, 0.2) is 18.2 Å². The molecular formula is C16H20N6O3. The van der Waals surface area contributed by atoms with Crippen LogP contribution >= 0.6 is 0 Å². The van der Waals surface area contributed by atoms with Crippen molar-refractivity contribution in [2.45, 2.75) is 51.6 Å². The minimum Gasteiger partial charge on any atom is -0.345 e. The number of carbonyl (C=O) groups excluding carboxylic acids is 1. The van der Waals surface area contributed by atoms with Gasteiger partial charge in [0.15, 0.2) is 5.82 Å². The first-order valence-corrected chi connectivity index (χ1v) is 8.37. The van der Waals surface area contributed by atoms with Crippen LogP contribution in [0.2, 0.25) is 0 Å². The number of rotatable bonds is 5. The Morgan fingerprint density at radius 2 is 2.12 bits per heavy atom. The van der Waals surface area contributed by atoms with Crippen molar-refractivity contribution in [1.29, 1.82) is 0 Å². The lowest BCUT2D eigenvalue weighted by atomic mass is 9.95. The van der Waals surface area contributed by atoms with E-state index in [-0.39, 0.29) is 29.7 Å². The molecule has 25 heavy (non-hydrogen) atoms. The largest absolute Gasteiger partial charge is 0.345 e. The van der Waals surface area contributed by atoms with Crippen molar-refractivity contribution in [3.8, 4) is 0 Å². The average Bonchev–Trinajstić information content (AvgIpc) is 3.09. The lowest BCUT2D eigenvalue weighted by molar-refractivity contribution is -0.385. The van der Waals surface area contributed by atoms with Gasteiger partial charge in [-0.2, -0.15) is 0 Å². The van der Waals surface area contributed by atoms with Gasteiger partial charge in [-0.3, -0.25) is 14.9 Å². The maximum absolute atomic E-state index is 12.4. The highest BCUT2D eigenvalue weighted by atomic mass is 16.6. The number of nitro benzene ring substituents is 1. The second-order valence-electron chi connectivity index (χ2n) is 6.22. The Bertz CT molecular complexity index is 782. The lowest BCUT2D eigenvalue weighted by Gasteiger charge is -2.22. The van der Waals surface area contributed by atoms with Gasteiger partial charge in [0, 0.05) is 17.2 Å². The highest BCUT2D eigenvalue weighted by Gasteiger charge is 2.21. The summed E-state index contributed by atoms with van der Waals surface area (Å²) in [5, 5.41) is 25.6. The average molecular weight is 344 g/mol. The summed E-state index contributed by atoms with van der Waals surface area (Å²) in [6.45, 7) is 1.75. The normalized spacial score (nSPS) is 15.1. The number of hydrogen-bond acceptors (Lipinski definition) is 6. The molecule has 1 aliphatic rings. The molecule has 1 aromatic heterocycles. The maximum Gasteiger partial charge on any atom is 0.273 e. The highest BCUT2D eigenvalue weighted by molar-refractivity contribution is 5.96. The first-order valence-electron chi connectivity index (χ1n) is 8.37. The molecule has 1 saturated carbocycles. The number of aromatic nitrogens is 4. The van der Waals surface area contributed by atoms with Crippen molar-refractivity contribution in [2.24, 2.45) is 0 Å². The summed E-state index contributed by atoms with van der Waals surface area (Å²) in [4.78, 5) is 22.9. The van der Waals surface area contributed by atoms with Crippen LogP contribution in [0.5, 0.6) is 0 Å². The number of tetrazole rings is 1. The Morgan fingerprint density at radius 1 is 1.36 bits per heavy atom. The van der Waals surface area contributed by atoms with E-state index in [1.54, 1.807) is 17.7 Å². The van der Waals surface area contributed by atoms with E-state index in [1.165, 1.54) is 18.6 Å². The van der Waals surface area contributed by atoms with E-state index in [0.29, 0.717) is 11.4 Å². The van der Waals surface area contributed by atoms with Gasteiger partial charge in [-0.1, -0.05) is 25.3 Å². The Labute approximate surface area is 144 Å². The molecule has 132 valence electrons. The minimum atomic E-state index is -0.490. The Balaban J connectivity index is 1.70. The van der Waals surface area contributed by atoms with Gasteiger partial charge in [-0.15, -0.1) is 5.10 Å². The highest BCUT2D eigenvalue weighted by Crippen LogP contribution is 2.27. The molecule has 0 spiro atoms. The molecule has 0 bridgehead atoms. The summed E-state index contributed by atoms with van der Waals surface area (Å²) in [5.41, 5.74) is 0.558. The Hall–Kier alpha value is -2.84. The molecule has 1 N–H and O–H groups in total. The molecule has 0 saturated heterocycles. The van der Waals surface area contributed by atoms with E-state index in [4.69, 9.17) is 0 Å². The third-order valence-corrected chi connectivity index (χ3v) is 4.64. The van der Waals surface area contributed by atoms with Crippen LogP contribution in [0, 0.1) is 17.0 Å². The quantitative estimate of drug-likeness (QED) is 0.657. The molecule has 9 heteroatoms. The fourth-order valence-corrected chi connectivity index (χ4v) is 3.26. The number of benzene rings is 1. The second kappa shape index (κ2) is 7.37. The van der Waals surface area contributed by atoms with Gasteiger partial charge in [0.05, 0.1) is 17.5 Å². The zero-order chi connectivity index (χ0) is 17.8. The smallest absolute Gasteiger partial charge is 0.273 e. The van der Waals surface area contributed by atoms with E-state index < -0.39 is 4.92 Å². The molecule has 1 amide bonds. The Morgan fingerprint density at radius 3 is 2.84 bits per heavy atom. The van der Waals surface area contributed by atoms with Crippen LogP contribution in [0.3, 0.4) is 0 Å². The maximum atomic E-state index is 12.4. The molecular weight excluding hydrogens is 324 g/mol. The van der Waals surface area contributed by atoms with Crippen molar-refractivity contribution in [2.75, 3.05) is 0 Å². The third-order valence-electron chi connectivity index (χ3n) is 4.64.